The fraction of sp³-hybridized carbons (Fsp3) is 0.750. The van der Waals surface area contributed by atoms with Crippen molar-refractivity contribution in [3.63, 3.8) is 0 Å². The lowest BCUT2D eigenvalue weighted by Gasteiger charge is -2.33. The standard InChI is InChI=1S/C20H35NO2/c1-3-5-7-8-10-17-21-18(12-11-14-20(21)23)15-16-19(22)13-9-6-4-2/h8,10,15-16,18-19,22H,3-7,9,11-14,17H2,1-2H3/b10-8-,16-15+/t18-,19?/m1/s1. The maximum atomic E-state index is 12.2. The lowest BCUT2D eigenvalue weighted by Crippen LogP contribution is -2.42. The fourth-order valence-electron chi connectivity index (χ4n) is 2.97. The van der Waals surface area contributed by atoms with Crippen LogP contribution >= 0.6 is 0 Å². The Morgan fingerprint density at radius 3 is 2.74 bits per heavy atom. The summed E-state index contributed by atoms with van der Waals surface area (Å²) in [6, 6.07) is 0.146. The van der Waals surface area contributed by atoms with Gasteiger partial charge in [0.1, 0.15) is 0 Å². The monoisotopic (exact) mass is 321 g/mol. The van der Waals surface area contributed by atoms with Crippen molar-refractivity contribution in [1.82, 2.24) is 4.90 Å². The van der Waals surface area contributed by atoms with E-state index in [-0.39, 0.29) is 18.1 Å². The third kappa shape index (κ3) is 8.36. The van der Waals surface area contributed by atoms with Crippen molar-refractivity contribution in [2.24, 2.45) is 0 Å². The quantitative estimate of drug-likeness (QED) is 0.446. The van der Waals surface area contributed by atoms with Gasteiger partial charge in [0, 0.05) is 13.0 Å². The van der Waals surface area contributed by atoms with Gasteiger partial charge in [-0.25, -0.2) is 0 Å². The van der Waals surface area contributed by atoms with Crippen LogP contribution in [-0.4, -0.2) is 34.6 Å². The van der Waals surface area contributed by atoms with Gasteiger partial charge in [-0.15, -0.1) is 0 Å². The molecule has 0 aromatic heterocycles. The minimum Gasteiger partial charge on any atom is -0.389 e. The van der Waals surface area contributed by atoms with E-state index in [9.17, 15) is 9.90 Å². The van der Waals surface area contributed by atoms with Gasteiger partial charge in [-0.3, -0.25) is 4.79 Å². The number of piperidine rings is 1. The summed E-state index contributed by atoms with van der Waals surface area (Å²) in [4.78, 5) is 14.1. The van der Waals surface area contributed by atoms with Crippen LogP contribution in [0.5, 0.6) is 0 Å². The van der Waals surface area contributed by atoms with E-state index in [0.29, 0.717) is 13.0 Å². The Labute approximate surface area is 142 Å². The Morgan fingerprint density at radius 1 is 1.22 bits per heavy atom. The number of nitrogens with zero attached hydrogens (tertiary/aromatic N) is 1. The van der Waals surface area contributed by atoms with E-state index in [4.69, 9.17) is 0 Å². The Hall–Kier alpha value is -1.09. The van der Waals surface area contributed by atoms with Crippen LogP contribution in [0.1, 0.15) is 78.1 Å². The molecule has 3 nitrogen and oxygen atoms in total. The molecule has 1 saturated heterocycles. The van der Waals surface area contributed by atoms with Gasteiger partial charge in [-0.1, -0.05) is 70.3 Å². The van der Waals surface area contributed by atoms with Crippen molar-refractivity contribution in [1.29, 1.82) is 0 Å². The molecule has 0 spiro atoms. The number of aliphatic hydroxyl groups excluding tert-OH is 1. The van der Waals surface area contributed by atoms with Crippen LogP contribution in [0.25, 0.3) is 0 Å². The largest absolute Gasteiger partial charge is 0.389 e. The van der Waals surface area contributed by atoms with Crippen LogP contribution in [0, 0.1) is 0 Å². The number of rotatable bonds is 11. The highest BCUT2D eigenvalue weighted by Gasteiger charge is 2.25. The molecule has 1 unspecified atom stereocenters. The van der Waals surface area contributed by atoms with Crippen molar-refractivity contribution in [2.75, 3.05) is 6.54 Å². The van der Waals surface area contributed by atoms with Crippen molar-refractivity contribution >= 4 is 5.91 Å². The number of unbranched alkanes of at least 4 members (excludes halogenated alkanes) is 4. The summed E-state index contributed by atoms with van der Waals surface area (Å²) in [6.07, 6.45) is 18.2. The summed E-state index contributed by atoms with van der Waals surface area (Å²) >= 11 is 0. The molecular formula is C20H35NO2. The van der Waals surface area contributed by atoms with Gasteiger partial charge in [-0.2, -0.15) is 0 Å². The normalized spacial score (nSPS) is 20.7. The van der Waals surface area contributed by atoms with Gasteiger partial charge in [0.2, 0.25) is 5.91 Å². The van der Waals surface area contributed by atoms with E-state index < -0.39 is 0 Å². The predicted molar refractivity (Wildman–Crippen MR) is 97.3 cm³/mol. The molecule has 1 fully saturated rings. The third-order valence-electron chi connectivity index (χ3n) is 4.46. The zero-order valence-electron chi connectivity index (χ0n) is 15.0. The molecule has 0 aliphatic carbocycles. The van der Waals surface area contributed by atoms with Crippen LogP contribution in [-0.2, 0) is 4.79 Å². The van der Waals surface area contributed by atoms with Gasteiger partial charge in [-0.05, 0) is 25.7 Å². The predicted octanol–water partition coefficient (Wildman–Crippen LogP) is 4.61. The average molecular weight is 322 g/mol. The molecular weight excluding hydrogens is 286 g/mol. The van der Waals surface area contributed by atoms with E-state index in [2.05, 4.69) is 26.0 Å². The zero-order valence-corrected chi connectivity index (χ0v) is 15.0. The third-order valence-corrected chi connectivity index (χ3v) is 4.46. The topological polar surface area (TPSA) is 40.5 Å². The van der Waals surface area contributed by atoms with Gasteiger partial charge in [0.15, 0.2) is 0 Å². The highest BCUT2D eigenvalue weighted by Crippen LogP contribution is 2.20. The molecule has 1 aliphatic heterocycles. The molecule has 0 radical (unpaired) electrons. The molecule has 0 aromatic rings. The van der Waals surface area contributed by atoms with Crippen LogP contribution in [0.3, 0.4) is 0 Å². The minimum atomic E-state index is -0.375. The van der Waals surface area contributed by atoms with E-state index in [0.717, 1.165) is 32.1 Å². The first-order valence-corrected chi connectivity index (χ1v) is 9.49. The number of likely N-dealkylation sites (tertiary alicyclic amines) is 1. The lowest BCUT2D eigenvalue weighted by molar-refractivity contribution is -0.134. The van der Waals surface area contributed by atoms with Crippen LogP contribution in [0.4, 0.5) is 0 Å². The molecule has 0 bridgehead atoms. The molecule has 1 heterocycles. The Balaban J connectivity index is 2.48. The first-order chi connectivity index (χ1) is 11.2. The van der Waals surface area contributed by atoms with Crippen LogP contribution < -0.4 is 0 Å². The van der Waals surface area contributed by atoms with Crippen molar-refractivity contribution in [2.45, 2.75) is 90.2 Å². The molecule has 132 valence electrons. The molecule has 2 atom stereocenters. The van der Waals surface area contributed by atoms with Gasteiger partial charge in [0.25, 0.3) is 0 Å². The molecule has 0 aromatic carbocycles. The first kappa shape index (κ1) is 20.0. The highest BCUT2D eigenvalue weighted by atomic mass is 16.3. The average Bonchev–Trinajstić information content (AvgIpc) is 2.54. The van der Waals surface area contributed by atoms with E-state index in [1.54, 1.807) is 0 Å². The highest BCUT2D eigenvalue weighted by molar-refractivity contribution is 5.77. The number of carbonyl (C=O) groups is 1. The van der Waals surface area contributed by atoms with Crippen molar-refractivity contribution in [3.8, 4) is 0 Å². The van der Waals surface area contributed by atoms with Crippen LogP contribution in [0.15, 0.2) is 24.3 Å². The number of aliphatic hydroxyl groups is 1. The Kier molecular flexibility index (Phi) is 10.7. The number of allylic oxidation sites excluding steroid dienone is 1. The first-order valence-electron chi connectivity index (χ1n) is 9.49. The molecule has 1 N–H and O–H groups in total. The smallest absolute Gasteiger partial charge is 0.223 e. The van der Waals surface area contributed by atoms with E-state index >= 15 is 0 Å². The summed E-state index contributed by atoms with van der Waals surface area (Å²) in [5, 5.41) is 10.0. The lowest BCUT2D eigenvalue weighted by atomic mass is 10.00. The van der Waals surface area contributed by atoms with Gasteiger partial charge < -0.3 is 10.0 Å². The SMILES string of the molecule is CCCC/C=C\CN1C(=O)CCC[C@@H]1/C=C/C(O)CCCCC. The zero-order chi connectivity index (χ0) is 16.9. The second-order valence-corrected chi connectivity index (χ2v) is 6.57. The number of carbonyl (C=O) groups excluding carboxylic acids is 1. The molecule has 1 rings (SSSR count). The second kappa shape index (κ2) is 12.3. The Morgan fingerprint density at radius 2 is 2.00 bits per heavy atom. The maximum absolute atomic E-state index is 12.2. The van der Waals surface area contributed by atoms with Crippen molar-refractivity contribution in [3.05, 3.63) is 24.3 Å². The Bertz CT molecular complexity index is 376. The summed E-state index contributed by atoms with van der Waals surface area (Å²) in [6.45, 7) is 5.06. The summed E-state index contributed by atoms with van der Waals surface area (Å²) in [7, 11) is 0. The van der Waals surface area contributed by atoms with Crippen molar-refractivity contribution < 1.29 is 9.90 Å². The number of amides is 1. The molecule has 3 heteroatoms. The number of hydrogen-bond acceptors (Lipinski definition) is 2. The summed E-state index contributed by atoms with van der Waals surface area (Å²) in [5.41, 5.74) is 0. The van der Waals surface area contributed by atoms with E-state index in [1.165, 1.54) is 25.7 Å². The molecule has 23 heavy (non-hydrogen) atoms. The maximum Gasteiger partial charge on any atom is 0.223 e. The number of hydrogen-bond donors (Lipinski definition) is 1. The summed E-state index contributed by atoms with van der Waals surface area (Å²) < 4.78 is 0. The van der Waals surface area contributed by atoms with Gasteiger partial charge >= 0.3 is 0 Å². The van der Waals surface area contributed by atoms with Crippen LogP contribution in [0.2, 0.25) is 0 Å². The molecule has 1 amide bonds. The molecule has 0 saturated carbocycles. The minimum absolute atomic E-state index is 0.146. The second-order valence-electron chi connectivity index (χ2n) is 6.57. The fourth-order valence-corrected chi connectivity index (χ4v) is 2.97. The van der Waals surface area contributed by atoms with Gasteiger partial charge in [0.05, 0.1) is 12.1 Å². The molecule has 1 aliphatic rings. The summed E-state index contributed by atoms with van der Waals surface area (Å²) in [5.74, 6) is 0.242. The van der Waals surface area contributed by atoms with E-state index in [1.807, 2.05) is 17.1 Å².